The molecule has 2 aromatic rings. The van der Waals surface area contributed by atoms with Crippen LogP contribution in [0.15, 0.2) is 42.7 Å². The van der Waals surface area contributed by atoms with Gasteiger partial charge in [-0.2, -0.15) is 0 Å². The Hall–Kier alpha value is -2.56. The zero-order valence-electron chi connectivity index (χ0n) is 12.8. The zero-order valence-corrected chi connectivity index (χ0v) is 12.8. The van der Waals surface area contributed by atoms with Crippen LogP contribution in [-0.2, 0) is 0 Å². The number of carbonyl (C=O) groups excluding carboxylic acids is 1. The van der Waals surface area contributed by atoms with Crippen LogP contribution in [0.5, 0.6) is 0 Å². The molecule has 0 radical (unpaired) electrons. The molecule has 0 saturated heterocycles. The summed E-state index contributed by atoms with van der Waals surface area (Å²) in [6.45, 7) is 0. The van der Waals surface area contributed by atoms with Crippen LogP contribution < -0.4 is 15.5 Å². The lowest BCUT2D eigenvalue weighted by molar-refractivity contribution is 0.102. The molecule has 1 heterocycles. The highest BCUT2D eigenvalue weighted by molar-refractivity contribution is 6.04. The van der Waals surface area contributed by atoms with Crippen molar-refractivity contribution >= 4 is 23.0 Å². The summed E-state index contributed by atoms with van der Waals surface area (Å²) in [7, 11) is 3.97. The molecule has 0 atom stereocenters. The Morgan fingerprint density at radius 1 is 1.14 bits per heavy atom. The maximum atomic E-state index is 12.3. The van der Waals surface area contributed by atoms with Gasteiger partial charge in [0, 0.05) is 43.9 Å². The monoisotopic (exact) mass is 296 g/mol. The van der Waals surface area contributed by atoms with E-state index in [1.54, 1.807) is 12.4 Å². The fraction of sp³-hybridized carbons (Fsp3) is 0.294. The van der Waals surface area contributed by atoms with E-state index in [1.165, 1.54) is 12.8 Å². The minimum absolute atomic E-state index is 0.149. The molecule has 0 bridgehead atoms. The number of aromatic nitrogens is 1. The number of nitrogens with zero attached hydrogens (tertiary/aromatic N) is 2. The Balaban J connectivity index is 1.68. The molecule has 22 heavy (non-hydrogen) atoms. The van der Waals surface area contributed by atoms with Crippen LogP contribution in [-0.4, -0.2) is 31.0 Å². The predicted molar refractivity (Wildman–Crippen MR) is 89.6 cm³/mol. The lowest BCUT2D eigenvalue weighted by atomic mass is 10.2. The number of carbonyl (C=O) groups is 1. The van der Waals surface area contributed by atoms with Crippen LogP contribution in [0.4, 0.5) is 17.1 Å². The number of hydrogen-bond acceptors (Lipinski definition) is 4. The van der Waals surface area contributed by atoms with Crippen molar-refractivity contribution in [3.05, 3.63) is 48.3 Å². The zero-order chi connectivity index (χ0) is 15.5. The Labute approximate surface area is 130 Å². The molecule has 1 aromatic carbocycles. The topological polar surface area (TPSA) is 57.3 Å². The van der Waals surface area contributed by atoms with E-state index in [1.807, 2.05) is 49.3 Å². The normalized spacial score (nSPS) is 13.5. The molecule has 1 aliphatic carbocycles. The van der Waals surface area contributed by atoms with Crippen LogP contribution in [0.1, 0.15) is 23.2 Å². The second kappa shape index (κ2) is 6.05. The second-order valence-electron chi connectivity index (χ2n) is 5.78. The van der Waals surface area contributed by atoms with Crippen molar-refractivity contribution in [3.8, 4) is 0 Å². The largest absolute Gasteiger partial charge is 0.381 e. The van der Waals surface area contributed by atoms with E-state index in [0.29, 0.717) is 11.6 Å². The summed E-state index contributed by atoms with van der Waals surface area (Å²) in [6, 6.07) is 10.1. The molecule has 2 N–H and O–H groups in total. The Morgan fingerprint density at radius 2 is 1.86 bits per heavy atom. The maximum absolute atomic E-state index is 12.3. The Bertz CT molecular complexity index is 663. The van der Waals surface area contributed by atoms with Crippen molar-refractivity contribution in [2.45, 2.75) is 18.9 Å². The molecular weight excluding hydrogens is 276 g/mol. The van der Waals surface area contributed by atoms with Gasteiger partial charge in [0.25, 0.3) is 5.91 Å². The maximum Gasteiger partial charge on any atom is 0.257 e. The van der Waals surface area contributed by atoms with Crippen LogP contribution in [0.2, 0.25) is 0 Å². The third-order valence-electron chi connectivity index (χ3n) is 3.59. The first-order chi connectivity index (χ1) is 10.6. The fourth-order valence-corrected chi connectivity index (χ4v) is 2.15. The number of hydrogen-bond donors (Lipinski definition) is 2. The lowest BCUT2D eigenvalue weighted by Gasteiger charge is -2.13. The average Bonchev–Trinajstić information content (AvgIpc) is 3.32. The van der Waals surface area contributed by atoms with Gasteiger partial charge >= 0.3 is 0 Å². The van der Waals surface area contributed by atoms with Gasteiger partial charge in [-0.15, -0.1) is 0 Å². The summed E-state index contributed by atoms with van der Waals surface area (Å²) in [4.78, 5) is 18.4. The summed E-state index contributed by atoms with van der Waals surface area (Å²) in [5.41, 5.74) is 3.33. The molecule has 1 amide bonds. The van der Waals surface area contributed by atoms with Crippen molar-refractivity contribution in [1.29, 1.82) is 0 Å². The third kappa shape index (κ3) is 3.55. The molecule has 0 spiro atoms. The van der Waals surface area contributed by atoms with E-state index in [9.17, 15) is 4.79 Å². The van der Waals surface area contributed by atoms with Gasteiger partial charge in [-0.25, -0.2) is 0 Å². The van der Waals surface area contributed by atoms with E-state index < -0.39 is 0 Å². The van der Waals surface area contributed by atoms with Crippen molar-refractivity contribution in [3.63, 3.8) is 0 Å². The van der Waals surface area contributed by atoms with E-state index >= 15 is 0 Å². The van der Waals surface area contributed by atoms with Gasteiger partial charge in [0.1, 0.15) is 0 Å². The van der Waals surface area contributed by atoms with Gasteiger partial charge in [0.2, 0.25) is 0 Å². The molecule has 1 saturated carbocycles. The molecule has 1 aliphatic rings. The summed E-state index contributed by atoms with van der Waals surface area (Å²) in [5.74, 6) is -0.149. The van der Waals surface area contributed by atoms with Crippen LogP contribution in [0.25, 0.3) is 0 Å². The average molecular weight is 296 g/mol. The van der Waals surface area contributed by atoms with Gasteiger partial charge in [-0.3, -0.25) is 9.78 Å². The number of rotatable bonds is 5. The first kappa shape index (κ1) is 14.4. The van der Waals surface area contributed by atoms with Gasteiger partial charge in [-0.1, -0.05) is 0 Å². The van der Waals surface area contributed by atoms with Crippen molar-refractivity contribution in [2.24, 2.45) is 0 Å². The summed E-state index contributed by atoms with van der Waals surface area (Å²) < 4.78 is 0. The molecule has 0 unspecified atom stereocenters. The number of benzene rings is 1. The second-order valence-corrected chi connectivity index (χ2v) is 5.78. The SMILES string of the molecule is CN(C)c1ccc(NC(=O)c2cncc(NC3CC3)c2)cc1. The molecule has 0 aliphatic heterocycles. The van der Waals surface area contributed by atoms with E-state index in [4.69, 9.17) is 0 Å². The van der Waals surface area contributed by atoms with E-state index in [2.05, 4.69) is 15.6 Å². The number of amides is 1. The molecule has 1 aromatic heterocycles. The first-order valence-corrected chi connectivity index (χ1v) is 7.42. The Kier molecular flexibility index (Phi) is 3.96. The highest BCUT2D eigenvalue weighted by Crippen LogP contribution is 2.24. The minimum atomic E-state index is -0.149. The van der Waals surface area contributed by atoms with Crippen LogP contribution in [0, 0.1) is 0 Å². The lowest BCUT2D eigenvalue weighted by Crippen LogP contribution is -2.13. The fourth-order valence-electron chi connectivity index (χ4n) is 2.15. The van der Waals surface area contributed by atoms with E-state index in [-0.39, 0.29) is 5.91 Å². The van der Waals surface area contributed by atoms with Crippen LogP contribution in [0.3, 0.4) is 0 Å². The van der Waals surface area contributed by atoms with Crippen molar-refractivity contribution < 1.29 is 4.79 Å². The Morgan fingerprint density at radius 3 is 2.50 bits per heavy atom. The van der Waals surface area contributed by atoms with Crippen molar-refractivity contribution in [2.75, 3.05) is 29.6 Å². The highest BCUT2D eigenvalue weighted by atomic mass is 16.1. The molecule has 5 heteroatoms. The van der Waals surface area contributed by atoms with Crippen molar-refractivity contribution in [1.82, 2.24) is 4.98 Å². The molecule has 3 rings (SSSR count). The van der Waals surface area contributed by atoms with Gasteiger partial charge in [0.15, 0.2) is 0 Å². The third-order valence-corrected chi connectivity index (χ3v) is 3.59. The summed E-state index contributed by atoms with van der Waals surface area (Å²) >= 11 is 0. The first-order valence-electron chi connectivity index (χ1n) is 7.42. The molecular formula is C17H20N4O. The number of nitrogens with one attached hydrogen (secondary N) is 2. The predicted octanol–water partition coefficient (Wildman–Crippen LogP) is 2.97. The number of pyridine rings is 1. The number of anilines is 3. The molecule has 1 fully saturated rings. The minimum Gasteiger partial charge on any atom is -0.381 e. The smallest absolute Gasteiger partial charge is 0.257 e. The van der Waals surface area contributed by atoms with Gasteiger partial charge < -0.3 is 15.5 Å². The summed E-state index contributed by atoms with van der Waals surface area (Å²) in [6.07, 6.45) is 5.71. The van der Waals surface area contributed by atoms with Crippen LogP contribution >= 0.6 is 0 Å². The van der Waals surface area contributed by atoms with Gasteiger partial charge in [-0.05, 0) is 43.2 Å². The highest BCUT2D eigenvalue weighted by Gasteiger charge is 2.21. The summed E-state index contributed by atoms with van der Waals surface area (Å²) in [5, 5.41) is 6.24. The van der Waals surface area contributed by atoms with Gasteiger partial charge in [0.05, 0.1) is 11.3 Å². The standard InChI is InChI=1S/C17H20N4O/c1-21(2)16-7-5-14(6-8-16)20-17(22)12-9-15(11-18-10-12)19-13-3-4-13/h5-11,13,19H,3-4H2,1-2H3,(H,20,22). The molecule has 5 nitrogen and oxygen atoms in total. The molecule has 114 valence electrons. The van der Waals surface area contributed by atoms with E-state index in [0.717, 1.165) is 17.1 Å². The quantitative estimate of drug-likeness (QED) is 0.890.